The van der Waals surface area contributed by atoms with Gasteiger partial charge in [-0.2, -0.15) is 0 Å². The standard InChI is InChI=1S/C11H12N2O2/c14-12-10-6-2-1-3-5-4(2)8(10)9(5)11(13-15)7(3)6/h2-9,14-15H,1H2/b12-10-,13-11+/t2-,3+,4-,5-,6+,7-,8+,9+/m1/s1. The van der Waals surface area contributed by atoms with Crippen LogP contribution in [0.2, 0.25) is 0 Å². The highest BCUT2D eigenvalue weighted by Crippen LogP contribution is 2.80. The monoisotopic (exact) mass is 204 g/mol. The molecule has 5 rings (SSSR count). The molecule has 0 heterocycles. The molecule has 4 heteroatoms. The summed E-state index contributed by atoms with van der Waals surface area (Å²) in [6.45, 7) is 0. The molecular formula is C11H12N2O2. The van der Waals surface area contributed by atoms with Crippen LogP contribution in [0.15, 0.2) is 10.3 Å². The van der Waals surface area contributed by atoms with Crippen molar-refractivity contribution in [3.8, 4) is 0 Å². The smallest absolute Gasteiger partial charge is 0.0651 e. The SMILES string of the molecule is O/N=C1\[C@@H]2[C@H]3/C(=N/O)[C@@H]4[C@H]5C[C@@H]([C@H]14)[C@@H]2[C@@H]53. The molecule has 78 valence electrons. The zero-order valence-corrected chi connectivity index (χ0v) is 8.11. The number of hydrogen-bond acceptors (Lipinski definition) is 4. The number of oxime groups is 2. The molecule has 0 aliphatic heterocycles. The largest absolute Gasteiger partial charge is 0.411 e. The second kappa shape index (κ2) is 1.81. The summed E-state index contributed by atoms with van der Waals surface area (Å²) >= 11 is 0. The van der Waals surface area contributed by atoms with Gasteiger partial charge in [0.05, 0.1) is 11.4 Å². The van der Waals surface area contributed by atoms with Crippen LogP contribution in [-0.2, 0) is 0 Å². The van der Waals surface area contributed by atoms with Crippen LogP contribution in [0.1, 0.15) is 6.42 Å². The van der Waals surface area contributed by atoms with Gasteiger partial charge in [-0.25, -0.2) is 0 Å². The minimum absolute atomic E-state index is 0.427. The van der Waals surface area contributed by atoms with Crippen LogP contribution in [0.25, 0.3) is 0 Å². The van der Waals surface area contributed by atoms with Crippen LogP contribution in [0.5, 0.6) is 0 Å². The molecule has 0 saturated heterocycles. The average molecular weight is 204 g/mol. The third-order valence-electron chi connectivity index (χ3n) is 6.10. The van der Waals surface area contributed by atoms with Crippen LogP contribution in [0, 0.1) is 47.3 Å². The maximum Gasteiger partial charge on any atom is 0.0651 e. The minimum atomic E-state index is 0.427. The van der Waals surface area contributed by atoms with E-state index in [0.29, 0.717) is 23.7 Å². The maximum absolute atomic E-state index is 9.13. The summed E-state index contributed by atoms with van der Waals surface area (Å²) in [6.07, 6.45) is 1.29. The van der Waals surface area contributed by atoms with Gasteiger partial charge >= 0.3 is 0 Å². The van der Waals surface area contributed by atoms with E-state index in [1.165, 1.54) is 6.42 Å². The fraction of sp³-hybridized carbons (Fsp3) is 0.818. The van der Waals surface area contributed by atoms with E-state index in [4.69, 9.17) is 10.4 Å². The van der Waals surface area contributed by atoms with E-state index in [1.807, 2.05) is 0 Å². The van der Waals surface area contributed by atoms with E-state index in [2.05, 4.69) is 10.3 Å². The quantitative estimate of drug-likeness (QED) is 0.457. The molecule has 8 atom stereocenters. The van der Waals surface area contributed by atoms with Crippen LogP contribution in [0.4, 0.5) is 0 Å². The van der Waals surface area contributed by atoms with Gasteiger partial charge in [0.25, 0.3) is 0 Å². The highest BCUT2D eigenvalue weighted by molar-refractivity contribution is 6.10. The van der Waals surface area contributed by atoms with Crippen molar-refractivity contribution >= 4 is 11.4 Å². The molecule has 0 aromatic heterocycles. The van der Waals surface area contributed by atoms with Crippen LogP contribution in [0.3, 0.4) is 0 Å². The van der Waals surface area contributed by atoms with Crippen LogP contribution < -0.4 is 0 Å². The van der Waals surface area contributed by atoms with Gasteiger partial charge in [-0.05, 0) is 30.1 Å². The van der Waals surface area contributed by atoms with Crippen molar-refractivity contribution in [2.75, 3.05) is 0 Å². The number of rotatable bonds is 0. The van der Waals surface area contributed by atoms with Gasteiger partial charge in [0.1, 0.15) is 0 Å². The average Bonchev–Trinajstić information content (AvgIpc) is 2.73. The Morgan fingerprint density at radius 2 is 1.27 bits per heavy atom. The Hall–Kier alpha value is -1.06. The predicted octanol–water partition coefficient (Wildman–Crippen LogP) is 1.03. The normalized spacial score (nSPS) is 71.2. The first kappa shape index (κ1) is 7.25. The molecule has 0 aromatic carbocycles. The first-order valence-electron chi connectivity index (χ1n) is 5.82. The van der Waals surface area contributed by atoms with Crippen LogP contribution >= 0.6 is 0 Å². The van der Waals surface area contributed by atoms with Gasteiger partial charge in [0.15, 0.2) is 0 Å². The van der Waals surface area contributed by atoms with Crippen molar-refractivity contribution in [3.05, 3.63) is 0 Å². The van der Waals surface area contributed by atoms with E-state index >= 15 is 0 Å². The molecule has 5 fully saturated rings. The summed E-state index contributed by atoms with van der Waals surface area (Å²) in [5.41, 5.74) is 2.09. The summed E-state index contributed by atoms with van der Waals surface area (Å²) in [7, 11) is 0. The Kier molecular flexibility index (Phi) is 0.874. The molecule has 2 bridgehead atoms. The lowest BCUT2D eigenvalue weighted by Gasteiger charge is -2.44. The molecule has 5 aliphatic carbocycles. The zero-order chi connectivity index (χ0) is 9.89. The Labute approximate surface area is 86.6 Å². The lowest BCUT2D eigenvalue weighted by Crippen LogP contribution is -2.48. The van der Waals surface area contributed by atoms with E-state index in [-0.39, 0.29) is 0 Å². The van der Waals surface area contributed by atoms with Gasteiger partial charge in [-0.1, -0.05) is 10.3 Å². The van der Waals surface area contributed by atoms with E-state index in [0.717, 1.165) is 35.1 Å². The van der Waals surface area contributed by atoms with Gasteiger partial charge in [0.2, 0.25) is 0 Å². The summed E-state index contributed by atoms with van der Waals surface area (Å²) in [6, 6.07) is 0. The summed E-state index contributed by atoms with van der Waals surface area (Å²) in [5.74, 6) is 4.76. The lowest BCUT2D eigenvalue weighted by molar-refractivity contribution is 0.0644. The summed E-state index contributed by atoms with van der Waals surface area (Å²) in [5, 5.41) is 25.4. The first-order valence-corrected chi connectivity index (χ1v) is 5.82. The molecule has 0 spiro atoms. The van der Waals surface area contributed by atoms with Crippen molar-refractivity contribution in [2.45, 2.75) is 6.42 Å². The van der Waals surface area contributed by atoms with Crippen molar-refractivity contribution < 1.29 is 10.4 Å². The molecule has 5 saturated carbocycles. The molecule has 0 unspecified atom stereocenters. The van der Waals surface area contributed by atoms with E-state index < -0.39 is 0 Å². The van der Waals surface area contributed by atoms with Crippen LogP contribution in [-0.4, -0.2) is 21.8 Å². The maximum atomic E-state index is 9.13. The van der Waals surface area contributed by atoms with Gasteiger partial charge in [-0.3, -0.25) is 0 Å². The summed E-state index contributed by atoms with van der Waals surface area (Å²) < 4.78 is 0. The first-order chi connectivity index (χ1) is 7.38. The molecule has 2 N–H and O–H groups in total. The Bertz CT molecular complexity index is 400. The lowest BCUT2D eigenvalue weighted by atomic mass is 9.59. The summed E-state index contributed by atoms with van der Waals surface area (Å²) in [4.78, 5) is 0. The molecule has 0 radical (unpaired) electrons. The second-order valence-electron chi connectivity index (χ2n) is 5.87. The topological polar surface area (TPSA) is 65.2 Å². The third kappa shape index (κ3) is 0.446. The Morgan fingerprint density at radius 1 is 0.800 bits per heavy atom. The predicted molar refractivity (Wildman–Crippen MR) is 51.0 cm³/mol. The van der Waals surface area contributed by atoms with Gasteiger partial charge in [-0.15, -0.1) is 0 Å². The minimum Gasteiger partial charge on any atom is -0.411 e. The highest BCUT2D eigenvalue weighted by atomic mass is 16.4. The number of hydrogen-bond donors (Lipinski definition) is 2. The van der Waals surface area contributed by atoms with Crippen molar-refractivity contribution in [3.63, 3.8) is 0 Å². The highest BCUT2D eigenvalue weighted by Gasteiger charge is 2.82. The Morgan fingerprint density at radius 3 is 1.67 bits per heavy atom. The number of fused-ring (bicyclic) bond motifs is 2. The van der Waals surface area contributed by atoms with E-state index in [9.17, 15) is 0 Å². The fourth-order valence-corrected chi connectivity index (χ4v) is 6.13. The third-order valence-corrected chi connectivity index (χ3v) is 6.10. The van der Waals surface area contributed by atoms with E-state index in [1.54, 1.807) is 0 Å². The second-order valence-corrected chi connectivity index (χ2v) is 5.87. The molecule has 0 aromatic rings. The molecule has 5 aliphatic rings. The molecule has 4 nitrogen and oxygen atoms in total. The van der Waals surface area contributed by atoms with Crippen molar-refractivity contribution in [1.82, 2.24) is 0 Å². The van der Waals surface area contributed by atoms with Crippen molar-refractivity contribution in [2.24, 2.45) is 57.7 Å². The Balaban J connectivity index is 1.83. The molecule has 15 heavy (non-hydrogen) atoms. The van der Waals surface area contributed by atoms with Gasteiger partial charge < -0.3 is 10.4 Å². The van der Waals surface area contributed by atoms with Gasteiger partial charge in [0, 0.05) is 23.7 Å². The number of nitrogens with zero attached hydrogens (tertiary/aromatic N) is 2. The van der Waals surface area contributed by atoms with Crippen molar-refractivity contribution in [1.29, 1.82) is 0 Å². The fourth-order valence-electron chi connectivity index (χ4n) is 6.13. The molecule has 0 amide bonds. The molecular weight excluding hydrogens is 192 g/mol. The zero-order valence-electron chi connectivity index (χ0n) is 8.11.